The highest BCUT2D eigenvalue weighted by atomic mass is 35.5. The number of amides is 2. The Bertz CT molecular complexity index is 837. The SMILES string of the molecule is CCCNC(=O)C(CC)N(Cc1c(Cl)cccc1Cl)C(=O)Cc1cccc(Cl)c1. The summed E-state index contributed by atoms with van der Waals surface area (Å²) < 4.78 is 0. The van der Waals surface area contributed by atoms with Crippen molar-refractivity contribution >= 4 is 46.6 Å². The molecule has 1 N–H and O–H groups in total. The molecule has 7 heteroatoms. The van der Waals surface area contributed by atoms with Gasteiger partial charge in [-0.3, -0.25) is 9.59 Å². The third kappa shape index (κ3) is 6.63. The molecule has 2 rings (SSSR count). The average Bonchev–Trinajstić information content (AvgIpc) is 2.68. The van der Waals surface area contributed by atoms with Crippen LogP contribution in [0.1, 0.15) is 37.8 Å². The van der Waals surface area contributed by atoms with Gasteiger partial charge in [-0.1, -0.05) is 66.8 Å². The van der Waals surface area contributed by atoms with Gasteiger partial charge in [0.25, 0.3) is 0 Å². The summed E-state index contributed by atoms with van der Waals surface area (Å²) in [6.07, 6.45) is 1.41. The molecule has 29 heavy (non-hydrogen) atoms. The number of rotatable bonds is 9. The Morgan fingerprint density at radius 3 is 2.28 bits per heavy atom. The first-order valence-corrected chi connectivity index (χ1v) is 10.7. The van der Waals surface area contributed by atoms with Gasteiger partial charge in [0.2, 0.25) is 11.8 Å². The normalized spacial score (nSPS) is 11.8. The van der Waals surface area contributed by atoms with Gasteiger partial charge in [-0.2, -0.15) is 0 Å². The first-order valence-electron chi connectivity index (χ1n) is 9.61. The van der Waals surface area contributed by atoms with Gasteiger partial charge >= 0.3 is 0 Å². The highest BCUT2D eigenvalue weighted by molar-refractivity contribution is 6.36. The van der Waals surface area contributed by atoms with Crippen LogP contribution in [0, 0.1) is 0 Å². The zero-order valence-corrected chi connectivity index (χ0v) is 18.8. The van der Waals surface area contributed by atoms with Crippen LogP contribution in [0.25, 0.3) is 0 Å². The molecule has 1 unspecified atom stereocenters. The van der Waals surface area contributed by atoms with E-state index in [1.165, 1.54) is 0 Å². The third-order valence-corrected chi connectivity index (χ3v) is 5.51. The maximum Gasteiger partial charge on any atom is 0.242 e. The first kappa shape index (κ1) is 23.5. The molecule has 0 heterocycles. The van der Waals surface area contributed by atoms with Crippen LogP contribution >= 0.6 is 34.8 Å². The van der Waals surface area contributed by atoms with Crippen molar-refractivity contribution in [1.82, 2.24) is 10.2 Å². The number of nitrogens with zero attached hydrogens (tertiary/aromatic N) is 1. The summed E-state index contributed by atoms with van der Waals surface area (Å²) in [6, 6.07) is 11.7. The number of hydrogen-bond donors (Lipinski definition) is 1. The van der Waals surface area contributed by atoms with E-state index in [4.69, 9.17) is 34.8 Å². The van der Waals surface area contributed by atoms with Crippen LogP contribution in [-0.4, -0.2) is 29.3 Å². The van der Waals surface area contributed by atoms with E-state index in [0.29, 0.717) is 33.6 Å². The van der Waals surface area contributed by atoms with E-state index in [1.807, 2.05) is 19.9 Å². The monoisotopic (exact) mass is 454 g/mol. The average molecular weight is 456 g/mol. The molecular formula is C22H25Cl3N2O2. The number of carbonyl (C=O) groups is 2. The molecule has 2 aromatic carbocycles. The van der Waals surface area contributed by atoms with Crippen molar-refractivity contribution in [2.45, 2.75) is 45.7 Å². The molecule has 0 aliphatic rings. The molecule has 4 nitrogen and oxygen atoms in total. The van der Waals surface area contributed by atoms with E-state index in [1.54, 1.807) is 41.3 Å². The molecular weight excluding hydrogens is 431 g/mol. The van der Waals surface area contributed by atoms with E-state index in [-0.39, 0.29) is 24.8 Å². The fourth-order valence-corrected chi connectivity index (χ4v) is 3.79. The van der Waals surface area contributed by atoms with Gasteiger partial charge in [0, 0.05) is 33.7 Å². The van der Waals surface area contributed by atoms with E-state index in [2.05, 4.69) is 5.32 Å². The van der Waals surface area contributed by atoms with Crippen LogP contribution in [0.4, 0.5) is 0 Å². The molecule has 0 bridgehead atoms. The Morgan fingerprint density at radius 1 is 1.03 bits per heavy atom. The summed E-state index contributed by atoms with van der Waals surface area (Å²) in [5.41, 5.74) is 1.40. The predicted molar refractivity (Wildman–Crippen MR) is 120 cm³/mol. The Morgan fingerprint density at radius 2 is 1.69 bits per heavy atom. The fraction of sp³-hybridized carbons (Fsp3) is 0.364. The molecule has 0 fully saturated rings. The lowest BCUT2D eigenvalue weighted by Crippen LogP contribution is -2.49. The summed E-state index contributed by atoms with van der Waals surface area (Å²) in [5, 5.41) is 4.37. The second-order valence-electron chi connectivity index (χ2n) is 6.74. The van der Waals surface area contributed by atoms with Gasteiger partial charge in [-0.15, -0.1) is 0 Å². The summed E-state index contributed by atoms with van der Waals surface area (Å²) >= 11 is 18.7. The highest BCUT2D eigenvalue weighted by Crippen LogP contribution is 2.27. The Hall–Kier alpha value is -1.75. The Labute approximate surface area is 187 Å². The minimum absolute atomic E-state index is 0.125. The molecule has 0 saturated heterocycles. The topological polar surface area (TPSA) is 49.4 Å². The number of benzene rings is 2. The third-order valence-electron chi connectivity index (χ3n) is 4.57. The number of nitrogens with one attached hydrogen (secondary N) is 1. The maximum atomic E-state index is 13.2. The molecule has 2 amide bonds. The lowest BCUT2D eigenvalue weighted by atomic mass is 10.1. The molecule has 0 saturated carbocycles. The number of halogens is 3. The van der Waals surface area contributed by atoms with E-state index >= 15 is 0 Å². The molecule has 1 atom stereocenters. The van der Waals surface area contributed by atoms with Crippen LogP contribution in [0.15, 0.2) is 42.5 Å². The molecule has 0 aliphatic heterocycles. The minimum Gasteiger partial charge on any atom is -0.354 e. The molecule has 0 aromatic heterocycles. The van der Waals surface area contributed by atoms with Crippen molar-refractivity contribution in [2.24, 2.45) is 0 Å². The Kier molecular flexibility index (Phi) is 9.28. The van der Waals surface area contributed by atoms with Crippen molar-refractivity contribution in [1.29, 1.82) is 0 Å². The van der Waals surface area contributed by atoms with Crippen molar-refractivity contribution in [3.8, 4) is 0 Å². The first-order chi connectivity index (χ1) is 13.9. The second kappa shape index (κ2) is 11.4. The molecule has 0 aliphatic carbocycles. The van der Waals surface area contributed by atoms with Gasteiger partial charge in [0.05, 0.1) is 6.42 Å². The summed E-state index contributed by atoms with van der Waals surface area (Å²) in [6.45, 7) is 4.56. The van der Waals surface area contributed by atoms with Crippen LogP contribution in [0.2, 0.25) is 15.1 Å². The van der Waals surface area contributed by atoms with Crippen molar-refractivity contribution in [3.05, 3.63) is 68.7 Å². The number of hydrogen-bond acceptors (Lipinski definition) is 2. The van der Waals surface area contributed by atoms with Gasteiger partial charge < -0.3 is 10.2 Å². The van der Waals surface area contributed by atoms with E-state index in [9.17, 15) is 9.59 Å². The maximum absolute atomic E-state index is 13.2. The van der Waals surface area contributed by atoms with Crippen molar-refractivity contribution in [3.63, 3.8) is 0 Å². The standard InChI is InChI=1S/C22H25Cl3N2O2/c1-3-11-26-22(29)20(4-2)27(14-17-18(24)9-6-10-19(17)25)21(28)13-15-7-5-8-16(23)12-15/h5-10,12,20H,3-4,11,13-14H2,1-2H3,(H,26,29). The van der Waals surface area contributed by atoms with Gasteiger partial charge in [0.1, 0.15) is 6.04 Å². The van der Waals surface area contributed by atoms with Crippen LogP contribution < -0.4 is 5.32 Å². The summed E-state index contributed by atoms with van der Waals surface area (Å²) in [7, 11) is 0. The molecule has 156 valence electrons. The van der Waals surface area contributed by atoms with Gasteiger partial charge in [-0.05, 0) is 42.7 Å². The van der Waals surface area contributed by atoms with Crippen LogP contribution in [0.5, 0.6) is 0 Å². The molecule has 2 aromatic rings. The summed E-state index contributed by atoms with van der Waals surface area (Å²) in [5.74, 6) is -0.376. The minimum atomic E-state index is -0.624. The smallest absolute Gasteiger partial charge is 0.242 e. The van der Waals surface area contributed by atoms with Gasteiger partial charge in [0.15, 0.2) is 0 Å². The van der Waals surface area contributed by atoms with Gasteiger partial charge in [-0.25, -0.2) is 0 Å². The molecule has 0 radical (unpaired) electrons. The zero-order chi connectivity index (χ0) is 21.4. The van der Waals surface area contributed by atoms with E-state index in [0.717, 1.165) is 12.0 Å². The van der Waals surface area contributed by atoms with Crippen molar-refractivity contribution < 1.29 is 9.59 Å². The van der Waals surface area contributed by atoms with E-state index < -0.39 is 6.04 Å². The largest absolute Gasteiger partial charge is 0.354 e. The summed E-state index contributed by atoms with van der Waals surface area (Å²) in [4.78, 5) is 27.6. The fourth-order valence-electron chi connectivity index (χ4n) is 3.06. The molecule has 0 spiro atoms. The highest BCUT2D eigenvalue weighted by Gasteiger charge is 2.29. The number of carbonyl (C=O) groups excluding carboxylic acids is 2. The van der Waals surface area contributed by atoms with Crippen LogP contribution in [-0.2, 0) is 22.6 Å². The second-order valence-corrected chi connectivity index (χ2v) is 7.99. The lowest BCUT2D eigenvalue weighted by Gasteiger charge is -2.31. The Balaban J connectivity index is 2.35. The lowest BCUT2D eigenvalue weighted by molar-refractivity contribution is -0.140. The quantitative estimate of drug-likeness (QED) is 0.541. The van der Waals surface area contributed by atoms with Crippen LogP contribution in [0.3, 0.4) is 0 Å². The zero-order valence-electron chi connectivity index (χ0n) is 16.6. The van der Waals surface area contributed by atoms with Crippen molar-refractivity contribution in [2.75, 3.05) is 6.54 Å². The predicted octanol–water partition coefficient (Wildman–Crippen LogP) is 5.52.